The van der Waals surface area contributed by atoms with Gasteiger partial charge < -0.3 is 15.6 Å². The smallest absolute Gasteiger partial charge is 0.132 e. The fourth-order valence-electron chi connectivity index (χ4n) is 2.15. The Morgan fingerprint density at radius 1 is 1.56 bits per heavy atom. The van der Waals surface area contributed by atoms with Gasteiger partial charge in [0, 0.05) is 11.3 Å². The van der Waals surface area contributed by atoms with Crippen LogP contribution in [0.3, 0.4) is 0 Å². The van der Waals surface area contributed by atoms with Crippen molar-refractivity contribution in [1.29, 1.82) is 0 Å². The second-order valence-corrected chi connectivity index (χ2v) is 5.11. The summed E-state index contributed by atoms with van der Waals surface area (Å²) in [5, 5.41) is 10.6. The Kier molecular flexibility index (Phi) is 3.42. The van der Waals surface area contributed by atoms with Crippen LogP contribution in [0.5, 0.6) is 5.75 Å². The van der Waals surface area contributed by atoms with Crippen LogP contribution in [-0.4, -0.2) is 24.5 Å². The molecule has 1 aliphatic rings. The summed E-state index contributed by atoms with van der Waals surface area (Å²) in [7, 11) is 1.66. The Morgan fingerprint density at radius 3 is 3.06 bits per heavy atom. The Balaban J connectivity index is 2.46. The summed E-state index contributed by atoms with van der Waals surface area (Å²) < 4.78 is 5.32. The number of thioether (sulfide) groups is 1. The maximum absolute atomic E-state index is 10.6. The van der Waals surface area contributed by atoms with Crippen LogP contribution >= 0.6 is 11.8 Å². The van der Waals surface area contributed by atoms with E-state index in [1.165, 1.54) is 0 Å². The van der Waals surface area contributed by atoms with Gasteiger partial charge in [0.1, 0.15) is 5.75 Å². The van der Waals surface area contributed by atoms with Gasteiger partial charge in [0.2, 0.25) is 0 Å². The number of hydrogen-bond acceptors (Lipinski definition) is 4. The van der Waals surface area contributed by atoms with Crippen LogP contribution in [0.25, 0.3) is 0 Å². The van der Waals surface area contributed by atoms with Crippen molar-refractivity contribution < 1.29 is 9.84 Å². The fourth-order valence-corrected chi connectivity index (χ4v) is 3.50. The quantitative estimate of drug-likeness (QED) is 0.843. The number of benzene rings is 1. The van der Waals surface area contributed by atoms with E-state index in [9.17, 15) is 5.11 Å². The minimum absolute atomic E-state index is 0.498. The van der Waals surface area contributed by atoms with E-state index in [0.29, 0.717) is 13.0 Å². The van der Waals surface area contributed by atoms with Gasteiger partial charge in [-0.1, -0.05) is 12.1 Å². The lowest BCUT2D eigenvalue weighted by Gasteiger charge is -2.34. The lowest BCUT2D eigenvalue weighted by molar-refractivity contribution is 0.0223. The van der Waals surface area contributed by atoms with E-state index in [0.717, 1.165) is 28.4 Å². The lowest BCUT2D eigenvalue weighted by atomic mass is 9.87. The van der Waals surface area contributed by atoms with Crippen LogP contribution in [0.1, 0.15) is 18.4 Å². The molecule has 0 aromatic heterocycles. The van der Waals surface area contributed by atoms with Gasteiger partial charge in [0.25, 0.3) is 0 Å². The first-order valence-electron chi connectivity index (χ1n) is 5.44. The van der Waals surface area contributed by atoms with E-state index in [4.69, 9.17) is 10.5 Å². The van der Waals surface area contributed by atoms with Crippen LogP contribution in [0.2, 0.25) is 0 Å². The van der Waals surface area contributed by atoms with Crippen molar-refractivity contribution in [2.75, 3.05) is 19.4 Å². The monoisotopic (exact) mass is 239 g/mol. The van der Waals surface area contributed by atoms with E-state index in [1.807, 2.05) is 18.2 Å². The third-order valence-electron chi connectivity index (χ3n) is 3.02. The van der Waals surface area contributed by atoms with E-state index in [1.54, 1.807) is 18.9 Å². The standard InChI is InChI=1S/C12H17NO2S/c1-15-10-4-2-3-9-11(10)16-8-6-12(9,14)5-7-13/h2-4,14H,5-8,13H2,1H3. The van der Waals surface area contributed by atoms with Crippen LogP contribution in [0, 0.1) is 0 Å². The number of hydrogen-bond donors (Lipinski definition) is 2. The van der Waals surface area contributed by atoms with Gasteiger partial charge in [-0.25, -0.2) is 0 Å². The van der Waals surface area contributed by atoms with Crippen LogP contribution in [-0.2, 0) is 5.60 Å². The summed E-state index contributed by atoms with van der Waals surface area (Å²) >= 11 is 1.74. The van der Waals surface area contributed by atoms with Crippen LogP contribution < -0.4 is 10.5 Å². The molecule has 0 radical (unpaired) electrons. The molecule has 0 bridgehead atoms. The molecule has 0 fully saturated rings. The second-order valence-electron chi connectivity index (χ2n) is 4.01. The maximum atomic E-state index is 10.6. The molecule has 4 heteroatoms. The Bertz CT molecular complexity index is 383. The number of aliphatic hydroxyl groups is 1. The van der Waals surface area contributed by atoms with Crippen LogP contribution in [0.4, 0.5) is 0 Å². The van der Waals surface area contributed by atoms with Crippen molar-refractivity contribution in [2.45, 2.75) is 23.3 Å². The second kappa shape index (κ2) is 4.65. The average Bonchev–Trinajstić information content (AvgIpc) is 2.29. The topological polar surface area (TPSA) is 55.5 Å². The predicted octanol–water partition coefficient (Wildman–Crippen LogP) is 1.73. The molecule has 16 heavy (non-hydrogen) atoms. The van der Waals surface area contributed by atoms with E-state index in [2.05, 4.69) is 0 Å². The number of methoxy groups -OCH3 is 1. The van der Waals surface area contributed by atoms with Crippen molar-refractivity contribution >= 4 is 11.8 Å². The van der Waals surface area contributed by atoms with Crippen molar-refractivity contribution in [2.24, 2.45) is 5.73 Å². The number of rotatable bonds is 3. The minimum Gasteiger partial charge on any atom is -0.496 e. The summed E-state index contributed by atoms with van der Waals surface area (Å²) in [5.41, 5.74) is 5.77. The molecule has 0 saturated heterocycles. The van der Waals surface area contributed by atoms with Crippen LogP contribution in [0.15, 0.2) is 23.1 Å². The molecule has 1 heterocycles. The van der Waals surface area contributed by atoms with E-state index >= 15 is 0 Å². The molecule has 3 N–H and O–H groups in total. The number of nitrogens with two attached hydrogens (primary N) is 1. The van der Waals surface area contributed by atoms with Gasteiger partial charge in [-0.15, -0.1) is 11.8 Å². The first-order valence-corrected chi connectivity index (χ1v) is 6.42. The molecule has 0 saturated carbocycles. The summed E-state index contributed by atoms with van der Waals surface area (Å²) in [4.78, 5) is 1.06. The van der Waals surface area contributed by atoms with Crippen molar-refractivity contribution in [3.05, 3.63) is 23.8 Å². The molecule has 1 aromatic carbocycles. The zero-order chi connectivity index (χ0) is 11.6. The van der Waals surface area contributed by atoms with Crippen molar-refractivity contribution in [3.8, 4) is 5.75 Å². The van der Waals surface area contributed by atoms with E-state index in [-0.39, 0.29) is 0 Å². The molecule has 2 rings (SSSR count). The molecular weight excluding hydrogens is 222 g/mol. The number of ether oxygens (including phenoxy) is 1. The third-order valence-corrected chi connectivity index (χ3v) is 4.14. The Labute approximate surface area is 100.0 Å². The summed E-state index contributed by atoms with van der Waals surface area (Å²) in [6, 6.07) is 5.82. The molecule has 0 aliphatic carbocycles. The SMILES string of the molecule is COc1cccc2c1SCCC2(O)CCN. The Morgan fingerprint density at radius 2 is 2.38 bits per heavy atom. The van der Waals surface area contributed by atoms with Crippen molar-refractivity contribution in [3.63, 3.8) is 0 Å². The van der Waals surface area contributed by atoms with Crippen molar-refractivity contribution in [1.82, 2.24) is 0 Å². The molecule has 1 aliphatic heterocycles. The normalized spacial score (nSPS) is 23.9. The molecule has 3 nitrogen and oxygen atoms in total. The van der Waals surface area contributed by atoms with Gasteiger partial charge in [0.05, 0.1) is 17.6 Å². The number of fused-ring (bicyclic) bond motifs is 1. The third kappa shape index (κ3) is 1.93. The molecule has 0 spiro atoms. The van der Waals surface area contributed by atoms with Gasteiger partial charge in [0.15, 0.2) is 0 Å². The highest BCUT2D eigenvalue weighted by molar-refractivity contribution is 7.99. The summed E-state index contributed by atoms with van der Waals surface area (Å²) in [6.45, 7) is 0.498. The molecule has 1 unspecified atom stereocenters. The summed E-state index contributed by atoms with van der Waals surface area (Å²) in [6.07, 6.45) is 1.36. The highest BCUT2D eigenvalue weighted by atomic mass is 32.2. The molecular formula is C12H17NO2S. The average molecular weight is 239 g/mol. The highest BCUT2D eigenvalue weighted by Gasteiger charge is 2.35. The van der Waals surface area contributed by atoms with Gasteiger partial charge in [-0.2, -0.15) is 0 Å². The summed E-state index contributed by atoms with van der Waals surface area (Å²) in [5.74, 6) is 1.75. The fraction of sp³-hybridized carbons (Fsp3) is 0.500. The zero-order valence-electron chi connectivity index (χ0n) is 9.40. The minimum atomic E-state index is -0.774. The lowest BCUT2D eigenvalue weighted by Crippen LogP contribution is -2.32. The molecule has 0 amide bonds. The van der Waals surface area contributed by atoms with Gasteiger partial charge in [-0.3, -0.25) is 0 Å². The highest BCUT2D eigenvalue weighted by Crippen LogP contribution is 2.45. The van der Waals surface area contributed by atoms with Gasteiger partial charge >= 0.3 is 0 Å². The predicted molar refractivity (Wildman–Crippen MR) is 65.9 cm³/mol. The first kappa shape index (κ1) is 11.8. The van der Waals surface area contributed by atoms with Gasteiger partial charge in [-0.05, 0) is 25.5 Å². The molecule has 1 aromatic rings. The first-order chi connectivity index (χ1) is 7.71. The largest absolute Gasteiger partial charge is 0.496 e. The molecule has 88 valence electrons. The zero-order valence-corrected chi connectivity index (χ0v) is 10.2. The van der Waals surface area contributed by atoms with E-state index < -0.39 is 5.60 Å². The Hall–Kier alpha value is -0.710. The molecule has 1 atom stereocenters. The maximum Gasteiger partial charge on any atom is 0.132 e.